The molecule has 2 nitrogen and oxygen atoms in total. The summed E-state index contributed by atoms with van der Waals surface area (Å²) in [7, 11) is 2.30. The second-order valence-electron chi connectivity index (χ2n) is 4.90. The number of hydrogen-bond donors (Lipinski definition) is 1. The fourth-order valence-electron chi connectivity index (χ4n) is 2.74. The second-order valence-corrected chi connectivity index (χ2v) is 6.05. The number of rotatable bonds is 4. The fraction of sp³-hybridized carbons (Fsp3) is 1.00. The molecule has 15 heavy (non-hydrogen) atoms. The van der Waals surface area contributed by atoms with Crippen molar-refractivity contribution < 1.29 is 0 Å². The Morgan fingerprint density at radius 3 is 2.80 bits per heavy atom. The summed E-state index contributed by atoms with van der Waals surface area (Å²) in [5.74, 6) is 3.59. The normalized spacial score (nSPS) is 31.2. The summed E-state index contributed by atoms with van der Waals surface area (Å²) in [6.07, 6.45) is 4.36. The molecule has 0 aromatic carbocycles. The zero-order chi connectivity index (χ0) is 10.7. The molecule has 2 fully saturated rings. The van der Waals surface area contributed by atoms with Gasteiger partial charge in [-0.05, 0) is 32.4 Å². The van der Waals surface area contributed by atoms with E-state index in [2.05, 4.69) is 35.9 Å². The Labute approximate surface area is 98.2 Å². The highest BCUT2D eigenvalue weighted by molar-refractivity contribution is 7.99. The number of thioether (sulfide) groups is 1. The second kappa shape index (κ2) is 5.55. The van der Waals surface area contributed by atoms with Gasteiger partial charge < -0.3 is 10.2 Å². The minimum atomic E-state index is 0.751. The molecular formula is C12H24N2S. The molecule has 1 saturated carbocycles. The summed E-state index contributed by atoms with van der Waals surface area (Å²) in [4.78, 5) is 2.57. The first-order valence-corrected chi connectivity index (χ1v) is 7.49. The van der Waals surface area contributed by atoms with Gasteiger partial charge in [0.25, 0.3) is 0 Å². The molecule has 0 amide bonds. The lowest BCUT2D eigenvalue weighted by molar-refractivity contribution is 0.132. The van der Waals surface area contributed by atoms with Crippen molar-refractivity contribution in [2.75, 3.05) is 31.6 Å². The third-order valence-electron chi connectivity index (χ3n) is 3.96. The van der Waals surface area contributed by atoms with Crippen LogP contribution in [0.25, 0.3) is 0 Å². The van der Waals surface area contributed by atoms with Crippen LogP contribution >= 0.6 is 11.8 Å². The van der Waals surface area contributed by atoms with Gasteiger partial charge in [0, 0.05) is 30.1 Å². The highest BCUT2D eigenvalue weighted by atomic mass is 32.2. The summed E-state index contributed by atoms with van der Waals surface area (Å²) in [5, 5.41) is 3.73. The molecule has 3 heteroatoms. The van der Waals surface area contributed by atoms with Crippen LogP contribution in [0.5, 0.6) is 0 Å². The highest BCUT2D eigenvalue weighted by Gasteiger charge is 2.35. The SMILES string of the molecule is CCNC(C1CCC1)C1CSCCN1C. The lowest BCUT2D eigenvalue weighted by Crippen LogP contribution is -2.57. The molecular weight excluding hydrogens is 204 g/mol. The van der Waals surface area contributed by atoms with E-state index in [9.17, 15) is 0 Å². The number of likely N-dealkylation sites (N-methyl/N-ethyl adjacent to an activating group) is 2. The topological polar surface area (TPSA) is 15.3 Å². The van der Waals surface area contributed by atoms with E-state index >= 15 is 0 Å². The molecule has 2 atom stereocenters. The molecule has 2 rings (SSSR count). The molecule has 1 aliphatic carbocycles. The summed E-state index contributed by atoms with van der Waals surface area (Å²) in [6, 6.07) is 1.52. The number of hydrogen-bond acceptors (Lipinski definition) is 3. The average Bonchev–Trinajstić information content (AvgIpc) is 2.15. The van der Waals surface area contributed by atoms with Crippen molar-refractivity contribution in [2.45, 2.75) is 38.3 Å². The van der Waals surface area contributed by atoms with Gasteiger partial charge in [0.1, 0.15) is 0 Å². The first-order valence-electron chi connectivity index (χ1n) is 6.34. The summed E-state index contributed by atoms with van der Waals surface area (Å²) >= 11 is 2.13. The van der Waals surface area contributed by atoms with Crippen LogP contribution in [0, 0.1) is 5.92 Å². The van der Waals surface area contributed by atoms with Crippen molar-refractivity contribution in [3.8, 4) is 0 Å². The van der Waals surface area contributed by atoms with Gasteiger partial charge in [0.15, 0.2) is 0 Å². The van der Waals surface area contributed by atoms with Gasteiger partial charge >= 0.3 is 0 Å². The molecule has 2 aliphatic rings. The van der Waals surface area contributed by atoms with E-state index in [4.69, 9.17) is 0 Å². The van der Waals surface area contributed by atoms with Gasteiger partial charge in [-0.2, -0.15) is 11.8 Å². The van der Waals surface area contributed by atoms with Gasteiger partial charge in [-0.25, -0.2) is 0 Å². The zero-order valence-corrected chi connectivity index (χ0v) is 10.9. The molecule has 0 aromatic rings. The Kier molecular flexibility index (Phi) is 4.35. The molecule has 0 radical (unpaired) electrons. The van der Waals surface area contributed by atoms with E-state index in [1.165, 1.54) is 37.3 Å². The average molecular weight is 228 g/mol. The zero-order valence-electron chi connectivity index (χ0n) is 10.0. The van der Waals surface area contributed by atoms with Crippen LogP contribution in [0.3, 0.4) is 0 Å². The molecule has 0 bridgehead atoms. The van der Waals surface area contributed by atoms with Crippen LogP contribution in [0.4, 0.5) is 0 Å². The number of nitrogens with one attached hydrogen (secondary N) is 1. The Bertz CT molecular complexity index is 194. The van der Waals surface area contributed by atoms with Gasteiger partial charge in [0.05, 0.1) is 0 Å². The smallest absolute Gasteiger partial charge is 0.0339 e. The maximum Gasteiger partial charge on any atom is 0.0339 e. The number of nitrogens with zero attached hydrogens (tertiary/aromatic N) is 1. The molecule has 0 aromatic heterocycles. The third-order valence-corrected chi connectivity index (χ3v) is 5.00. The van der Waals surface area contributed by atoms with Crippen LogP contribution < -0.4 is 5.32 Å². The van der Waals surface area contributed by atoms with Crippen molar-refractivity contribution in [3.05, 3.63) is 0 Å². The van der Waals surface area contributed by atoms with Crippen molar-refractivity contribution in [1.82, 2.24) is 10.2 Å². The molecule has 0 spiro atoms. The van der Waals surface area contributed by atoms with E-state index < -0.39 is 0 Å². The van der Waals surface area contributed by atoms with Gasteiger partial charge in [-0.15, -0.1) is 0 Å². The third kappa shape index (κ3) is 2.69. The first kappa shape index (κ1) is 11.7. The van der Waals surface area contributed by atoms with Crippen molar-refractivity contribution >= 4 is 11.8 Å². The Balaban J connectivity index is 1.94. The molecule has 1 aliphatic heterocycles. The summed E-state index contributed by atoms with van der Waals surface area (Å²) < 4.78 is 0. The predicted molar refractivity (Wildman–Crippen MR) is 68.5 cm³/mol. The van der Waals surface area contributed by atoms with E-state index in [-0.39, 0.29) is 0 Å². The van der Waals surface area contributed by atoms with E-state index in [1.807, 2.05) is 0 Å². The van der Waals surface area contributed by atoms with Crippen LogP contribution in [-0.4, -0.2) is 48.6 Å². The quantitative estimate of drug-likeness (QED) is 0.790. The lowest BCUT2D eigenvalue weighted by Gasteiger charge is -2.44. The molecule has 1 heterocycles. The Morgan fingerprint density at radius 1 is 1.47 bits per heavy atom. The van der Waals surface area contributed by atoms with Gasteiger partial charge in [-0.3, -0.25) is 0 Å². The van der Waals surface area contributed by atoms with Crippen molar-refractivity contribution in [3.63, 3.8) is 0 Å². The van der Waals surface area contributed by atoms with Crippen LogP contribution in [0.2, 0.25) is 0 Å². The molecule has 2 unspecified atom stereocenters. The van der Waals surface area contributed by atoms with Crippen LogP contribution in [0.15, 0.2) is 0 Å². The standard InChI is InChI=1S/C12H24N2S/c1-3-13-12(10-5-4-6-10)11-9-15-8-7-14(11)2/h10-13H,3-9H2,1-2H3. The lowest BCUT2D eigenvalue weighted by atomic mass is 9.77. The Hall–Kier alpha value is 0.270. The minimum absolute atomic E-state index is 0.751. The summed E-state index contributed by atoms with van der Waals surface area (Å²) in [6.45, 7) is 4.63. The fourth-order valence-corrected chi connectivity index (χ4v) is 4.02. The maximum atomic E-state index is 3.73. The van der Waals surface area contributed by atoms with Crippen molar-refractivity contribution in [1.29, 1.82) is 0 Å². The minimum Gasteiger partial charge on any atom is -0.312 e. The highest BCUT2D eigenvalue weighted by Crippen LogP contribution is 2.33. The van der Waals surface area contributed by atoms with Crippen LogP contribution in [-0.2, 0) is 0 Å². The molecule has 1 saturated heterocycles. The van der Waals surface area contributed by atoms with E-state index in [1.54, 1.807) is 0 Å². The van der Waals surface area contributed by atoms with Gasteiger partial charge in [0.2, 0.25) is 0 Å². The van der Waals surface area contributed by atoms with Gasteiger partial charge in [-0.1, -0.05) is 13.3 Å². The van der Waals surface area contributed by atoms with E-state index in [0.717, 1.165) is 24.5 Å². The molecule has 1 N–H and O–H groups in total. The monoisotopic (exact) mass is 228 g/mol. The van der Waals surface area contributed by atoms with E-state index in [0.29, 0.717) is 0 Å². The predicted octanol–water partition coefficient (Wildman–Crippen LogP) is 1.81. The largest absolute Gasteiger partial charge is 0.312 e. The molecule has 88 valence electrons. The van der Waals surface area contributed by atoms with Crippen molar-refractivity contribution in [2.24, 2.45) is 5.92 Å². The first-order chi connectivity index (χ1) is 7.33. The summed E-state index contributed by atoms with van der Waals surface area (Å²) in [5.41, 5.74) is 0. The van der Waals surface area contributed by atoms with Crippen LogP contribution in [0.1, 0.15) is 26.2 Å². The Morgan fingerprint density at radius 2 is 2.27 bits per heavy atom. The maximum absolute atomic E-state index is 3.73.